The highest BCUT2D eigenvalue weighted by Gasteiger charge is 2.39. The molecule has 2 heterocycles. The summed E-state index contributed by atoms with van der Waals surface area (Å²) in [6.07, 6.45) is 10.6. The van der Waals surface area contributed by atoms with Gasteiger partial charge in [-0.15, -0.1) is 23.2 Å². The van der Waals surface area contributed by atoms with Gasteiger partial charge in [0.15, 0.2) is 5.84 Å². The highest BCUT2D eigenvalue weighted by molar-refractivity contribution is 6.37. The van der Waals surface area contributed by atoms with Gasteiger partial charge < -0.3 is 20.7 Å². The van der Waals surface area contributed by atoms with E-state index in [0.717, 1.165) is 25.7 Å². The molecule has 0 bridgehead atoms. The molecule has 0 aromatic heterocycles. The predicted molar refractivity (Wildman–Crippen MR) is 170 cm³/mol. The zero-order valence-corrected chi connectivity index (χ0v) is 26.3. The standard InChI is InChI=1S/C30H45Cl2F2N7O/c1-19-7-9-21(10-8-19)16-41(17-30(3,34)24(20(2)33)6-4-5-12-31)26-25(22-14-23(32)11-13-38-15-22)39-29(40-27(26)36)28(37)42-18-35/h4-6,14-15,19-21,23,27,37H,7-13,16-18,35-36H2,1-3H3,(H,39,40)/b5-4-,24-6+,37-28?/t19-,20?,21-,23?,27?,30?. The van der Waals surface area contributed by atoms with Gasteiger partial charge in [-0.05, 0) is 44.9 Å². The van der Waals surface area contributed by atoms with Crippen LogP contribution in [0.5, 0.6) is 0 Å². The molecule has 0 radical (unpaired) electrons. The Hall–Kier alpha value is -2.27. The lowest BCUT2D eigenvalue weighted by molar-refractivity contribution is 0.119. The third-order valence-electron chi connectivity index (χ3n) is 7.87. The lowest BCUT2D eigenvalue weighted by Gasteiger charge is -2.41. The van der Waals surface area contributed by atoms with Crippen LogP contribution in [0.4, 0.5) is 8.78 Å². The van der Waals surface area contributed by atoms with Gasteiger partial charge in [0.1, 0.15) is 24.7 Å². The van der Waals surface area contributed by atoms with Gasteiger partial charge in [-0.25, -0.2) is 13.8 Å². The summed E-state index contributed by atoms with van der Waals surface area (Å²) >= 11 is 12.3. The topological polar surface area (TPSA) is 125 Å². The molecule has 1 saturated carbocycles. The molecule has 3 aliphatic rings. The van der Waals surface area contributed by atoms with Crippen molar-refractivity contribution in [2.45, 2.75) is 76.3 Å². The highest BCUT2D eigenvalue weighted by Crippen LogP contribution is 2.35. The van der Waals surface area contributed by atoms with E-state index in [1.807, 2.05) is 11.0 Å². The summed E-state index contributed by atoms with van der Waals surface area (Å²) in [5.74, 6) is 0.974. The van der Waals surface area contributed by atoms with Crippen molar-refractivity contribution in [3.63, 3.8) is 0 Å². The van der Waals surface area contributed by atoms with Gasteiger partial charge in [0, 0.05) is 36.3 Å². The minimum absolute atomic E-state index is 0.00371. The van der Waals surface area contributed by atoms with Crippen LogP contribution < -0.4 is 16.8 Å². The Bertz CT molecular complexity index is 1120. The third-order valence-corrected chi connectivity index (χ3v) is 8.39. The molecule has 0 aromatic rings. The van der Waals surface area contributed by atoms with Crippen LogP contribution >= 0.6 is 23.2 Å². The molecule has 4 unspecified atom stereocenters. The number of halogens is 4. The van der Waals surface area contributed by atoms with E-state index in [1.165, 1.54) is 19.9 Å². The van der Waals surface area contributed by atoms with Crippen LogP contribution in [0, 0.1) is 17.2 Å². The smallest absolute Gasteiger partial charge is 0.251 e. The Morgan fingerprint density at radius 1 is 1.33 bits per heavy atom. The number of allylic oxidation sites excluding steroid dienone is 5. The van der Waals surface area contributed by atoms with Gasteiger partial charge in [0.25, 0.3) is 5.90 Å². The molecule has 2 aliphatic heterocycles. The first-order valence-electron chi connectivity index (χ1n) is 14.6. The molecule has 234 valence electrons. The first-order valence-corrected chi connectivity index (χ1v) is 15.6. The Morgan fingerprint density at radius 3 is 2.69 bits per heavy atom. The van der Waals surface area contributed by atoms with Crippen LogP contribution in [-0.4, -0.2) is 78.5 Å². The van der Waals surface area contributed by atoms with Crippen LogP contribution in [-0.2, 0) is 4.74 Å². The molecule has 8 nitrogen and oxygen atoms in total. The molecule has 42 heavy (non-hydrogen) atoms. The summed E-state index contributed by atoms with van der Waals surface area (Å²) in [6.45, 7) is 5.63. The SMILES string of the molecule is CC(F)/C(=C\C=C/CCl)C(C)(F)CN(C[C@H]1CC[C@H](C)CC1)C1=C(C2=CC(Cl)CCN=C2)N=C(C(=N)OCN)NC1N. The average molecular weight is 629 g/mol. The average Bonchev–Trinajstić information content (AvgIpc) is 3.15. The van der Waals surface area contributed by atoms with Crippen molar-refractivity contribution in [2.75, 3.05) is 32.2 Å². The van der Waals surface area contributed by atoms with E-state index in [-0.39, 0.29) is 47.8 Å². The normalized spacial score (nSPS) is 27.5. The molecule has 1 aliphatic carbocycles. The fourth-order valence-electron chi connectivity index (χ4n) is 5.68. The van der Waals surface area contributed by atoms with E-state index < -0.39 is 18.0 Å². The molecule has 4 atom stereocenters. The van der Waals surface area contributed by atoms with Crippen LogP contribution in [0.2, 0.25) is 0 Å². The molecule has 0 saturated heterocycles. The number of aliphatic imine (C=N–C) groups is 2. The maximum Gasteiger partial charge on any atom is 0.251 e. The van der Waals surface area contributed by atoms with Crippen LogP contribution in [0.15, 0.2) is 56.8 Å². The quantitative estimate of drug-likeness (QED) is 0.0764. The second kappa shape index (κ2) is 16.0. The Labute approximate surface area is 258 Å². The number of ether oxygens (including phenoxy) is 1. The summed E-state index contributed by atoms with van der Waals surface area (Å²) in [6, 6.07) is 0. The molecule has 3 rings (SSSR count). The van der Waals surface area contributed by atoms with Crippen molar-refractivity contribution >= 4 is 41.1 Å². The fraction of sp³-hybridized carbons (Fsp3) is 0.633. The number of hydrogen-bond acceptors (Lipinski definition) is 8. The molecule has 0 amide bonds. The molecule has 1 fully saturated rings. The molecule has 0 spiro atoms. The van der Waals surface area contributed by atoms with E-state index in [4.69, 9.17) is 49.8 Å². The summed E-state index contributed by atoms with van der Waals surface area (Å²) < 4.78 is 36.8. The summed E-state index contributed by atoms with van der Waals surface area (Å²) in [4.78, 5) is 11.1. The van der Waals surface area contributed by atoms with Gasteiger partial charge in [-0.2, -0.15) is 0 Å². The molecular weight excluding hydrogens is 583 g/mol. The number of nitrogens with two attached hydrogens (primary N) is 2. The summed E-state index contributed by atoms with van der Waals surface area (Å²) in [5.41, 5.74) is 11.7. The van der Waals surface area contributed by atoms with Gasteiger partial charge >= 0.3 is 0 Å². The zero-order chi connectivity index (χ0) is 30.9. The molecule has 0 aromatic carbocycles. The minimum Gasteiger partial charge on any atom is -0.460 e. The summed E-state index contributed by atoms with van der Waals surface area (Å²) in [7, 11) is 0. The number of rotatable bonds is 12. The van der Waals surface area contributed by atoms with E-state index in [1.54, 1.807) is 18.4 Å². The Kier molecular flexibility index (Phi) is 13.0. The Morgan fingerprint density at radius 2 is 2.05 bits per heavy atom. The minimum atomic E-state index is -2.06. The number of amidine groups is 1. The predicted octanol–water partition coefficient (Wildman–Crippen LogP) is 5.34. The molecular formula is C30H45Cl2F2N7O. The van der Waals surface area contributed by atoms with Crippen molar-refractivity contribution in [3.8, 4) is 0 Å². The highest BCUT2D eigenvalue weighted by atomic mass is 35.5. The zero-order valence-electron chi connectivity index (χ0n) is 24.8. The Balaban J connectivity index is 2.18. The second-order valence-electron chi connectivity index (χ2n) is 11.4. The fourth-order valence-corrected chi connectivity index (χ4v) is 6.01. The summed E-state index contributed by atoms with van der Waals surface area (Å²) in [5, 5.41) is 11.0. The monoisotopic (exact) mass is 627 g/mol. The lowest BCUT2D eigenvalue weighted by Crippen LogP contribution is -2.55. The van der Waals surface area contributed by atoms with Crippen LogP contribution in [0.1, 0.15) is 52.9 Å². The first kappa shape index (κ1) is 34.2. The second-order valence-corrected chi connectivity index (χ2v) is 12.3. The number of nitrogens with one attached hydrogen (secondary N) is 2. The largest absolute Gasteiger partial charge is 0.460 e. The lowest BCUT2D eigenvalue weighted by atomic mass is 9.82. The van der Waals surface area contributed by atoms with Crippen molar-refractivity contribution in [3.05, 3.63) is 46.8 Å². The maximum absolute atomic E-state index is 16.7. The molecule has 12 heteroatoms. The maximum atomic E-state index is 16.7. The van der Waals surface area contributed by atoms with Crippen molar-refractivity contribution in [2.24, 2.45) is 33.3 Å². The van der Waals surface area contributed by atoms with Crippen LogP contribution in [0.3, 0.4) is 0 Å². The van der Waals surface area contributed by atoms with Crippen molar-refractivity contribution < 1.29 is 13.5 Å². The van der Waals surface area contributed by atoms with Crippen LogP contribution in [0.25, 0.3) is 0 Å². The number of nitrogens with zero attached hydrogens (tertiary/aromatic N) is 3. The van der Waals surface area contributed by atoms with E-state index in [2.05, 4.69) is 17.2 Å². The number of alkyl halides is 4. The van der Waals surface area contributed by atoms with E-state index in [9.17, 15) is 4.39 Å². The van der Waals surface area contributed by atoms with E-state index >= 15 is 4.39 Å². The third kappa shape index (κ3) is 9.36. The first-order chi connectivity index (χ1) is 20.0. The molecule has 6 N–H and O–H groups in total. The van der Waals surface area contributed by atoms with Gasteiger partial charge in [0.05, 0.1) is 23.3 Å². The van der Waals surface area contributed by atoms with E-state index in [0.29, 0.717) is 42.4 Å². The van der Waals surface area contributed by atoms with Gasteiger partial charge in [0.2, 0.25) is 0 Å². The van der Waals surface area contributed by atoms with Crippen molar-refractivity contribution in [1.82, 2.24) is 10.2 Å². The van der Waals surface area contributed by atoms with Gasteiger partial charge in [-0.1, -0.05) is 44.1 Å². The van der Waals surface area contributed by atoms with Gasteiger partial charge in [-0.3, -0.25) is 16.1 Å². The number of hydrogen-bond donors (Lipinski definition) is 4. The van der Waals surface area contributed by atoms with Crippen molar-refractivity contribution in [1.29, 1.82) is 5.41 Å².